The van der Waals surface area contributed by atoms with E-state index in [0.717, 1.165) is 24.2 Å². The van der Waals surface area contributed by atoms with Crippen LogP contribution in [0.15, 0.2) is 24.3 Å². The van der Waals surface area contributed by atoms with Crippen molar-refractivity contribution < 1.29 is 19.5 Å². The van der Waals surface area contributed by atoms with Crippen LogP contribution in [0.2, 0.25) is 0 Å². The van der Waals surface area contributed by atoms with Gasteiger partial charge in [0.25, 0.3) is 0 Å². The molecule has 0 saturated heterocycles. The summed E-state index contributed by atoms with van der Waals surface area (Å²) < 4.78 is 5.07. The van der Waals surface area contributed by atoms with Crippen molar-refractivity contribution in [2.24, 2.45) is 5.92 Å². The summed E-state index contributed by atoms with van der Waals surface area (Å²) in [6, 6.07) is 7.54. The highest BCUT2D eigenvalue weighted by atomic mass is 16.6. The van der Waals surface area contributed by atoms with Crippen molar-refractivity contribution in [3.63, 3.8) is 0 Å². The zero-order chi connectivity index (χ0) is 14.8. The molecule has 0 radical (unpaired) electrons. The van der Waals surface area contributed by atoms with Crippen LogP contribution >= 0.6 is 0 Å². The Hall–Kier alpha value is -1.59. The Balaban J connectivity index is 2.26. The topological polar surface area (TPSA) is 67.8 Å². The summed E-state index contributed by atoms with van der Waals surface area (Å²) in [5.74, 6) is -0.378. The molecule has 0 heterocycles. The summed E-state index contributed by atoms with van der Waals surface area (Å²) in [4.78, 5) is 16.3. The lowest BCUT2D eigenvalue weighted by Crippen LogP contribution is -2.28. The lowest BCUT2D eigenvalue weighted by molar-refractivity contribution is -0.143. The van der Waals surface area contributed by atoms with Crippen molar-refractivity contribution in [1.29, 1.82) is 0 Å². The number of benzene rings is 1. The van der Waals surface area contributed by atoms with Crippen molar-refractivity contribution in [3.05, 3.63) is 29.8 Å². The number of ether oxygens (including phenoxy) is 1. The van der Waals surface area contributed by atoms with Gasteiger partial charge in [-0.05, 0) is 24.1 Å². The molecule has 0 aliphatic rings. The van der Waals surface area contributed by atoms with Gasteiger partial charge in [-0.15, -0.1) is 0 Å². The Kier molecular flexibility index (Phi) is 7.69. The number of methoxy groups -OCH3 is 1. The second-order valence-electron chi connectivity index (χ2n) is 4.66. The fourth-order valence-electron chi connectivity index (χ4n) is 1.78. The Labute approximate surface area is 119 Å². The van der Waals surface area contributed by atoms with Gasteiger partial charge >= 0.3 is 5.97 Å². The SMILES string of the molecule is CCCC[C@H](CNOCc1ccc(OC)cc1)C(=O)O. The zero-order valence-electron chi connectivity index (χ0n) is 12.1. The first kappa shape index (κ1) is 16.5. The normalized spacial score (nSPS) is 12.1. The number of rotatable bonds is 10. The number of carboxylic acids is 1. The van der Waals surface area contributed by atoms with E-state index >= 15 is 0 Å². The molecule has 5 nitrogen and oxygen atoms in total. The molecule has 0 aliphatic carbocycles. The lowest BCUT2D eigenvalue weighted by atomic mass is 10.0. The molecule has 1 rings (SSSR count). The number of hydrogen-bond acceptors (Lipinski definition) is 4. The van der Waals surface area contributed by atoms with Gasteiger partial charge in [0.15, 0.2) is 0 Å². The second kappa shape index (κ2) is 9.34. The van der Waals surface area contributed by atoms with Crippen molar-refractivity contribution in [1.82, 2.24) is 5.48 Å². The molecule has 1 aromatic carbocycles. The van der Waals surface area contributed by atoms with Gasteiger partial charge in [0.05, 0.1) is 19.6 Å². The van der Waals surface area contributed by atoms with Crippen LogP contribution in [-0.2, 0) is 16.2 Å². The zero-order valence-corrected chi connectivity index (χ0v) is 12.1. The lowest BCUT2D eigenvalue weighted by Gasteiger charge is -2.13. The van der Waals surface area contributed by atoms with Gasteiger partial charge in [0.2, 0.25) is 0 Å². The molecule has 0 amide bonds. The molecule has 0 fully saturated rings. The van der Waals surface area contributed by atoms with Crippen LogP contribution in [0.1, 0.15) is 31.7 Å². The molecule has 20 heavy (non-hydrogen) atoms. The highest BCUT2D eigenvalue weighted by Gasteiger charge is 2.16. The molecule has 1 atom stereocenters. The fourth-order valence-corrected chi connectivity index (χ4v) is 1.78. The average Bonchev–Trinajstić information content (AvgIpc) is 2.46. The summed E-state index contributed by atoms with van der Waals surface area (Å²) >= 11 is 0. The number of unbranched alkanes of at least 4 members (excludes halogenated alkanes) is 1. The van der Waals surface area contributed by atoms with E-state index < -0.39 is 11.9 Å². The van der Waals surface area contributed by atoms with E-state index in [4.69, 9.17) is 14.7 Å². The molecule has 0 bridgehead atoms. The Morgan fingerprint density at radius 1 is 1.35 bits per heavy atom. The van der Waals surface area contributed by atoms with Crippen LogP contribution in [-0.4, -0.2) is 24.7 Å². The van der Waals surface area contributed by atoms with Gasteiger partial charge in [-0.3, -0.25) is 9.63 Å². The van der Waals surface area contributed by atoms with Crippen LogP contribution in [0, 0.1) is 5.92 Å². The highest BCUT2D eigenvalue weighted by molar-refractivity contribution is 5.70. The van der Waals surface area contributed by atoms with E-state index in [9.17, 15) is 4.79 Å². The van der Waals surface area contributed by atoms with Crippen LogP contribution in [0.25, 0.3) is 0 Å². The third kappa shape index (κ3) is 6.04. The maximum absolute atomic E-state index is 11.0. The van der Waals surface area contributed by atoms with Gasteiger partial charge < -0.3 is 9.84 Å². The van der Waals surface area contributed by atoms with Gasteiger partial charge in [-0.25, -0.2) is 5.48 Å². The predicted octanol–water partition coefficient (Wildman–Crippen LogP) is 2.61. The Morgan fingerprint density at radius 3 is 2.60 bits per heavy atom. The van der Waals surface area contributed by atoms with Gasteiger partial charge in [-0.1, -0.05) is 31.9 Å². The molecule has 0 aromatic heterocycles. The molecule has 0 spiro atoms. The smallest absolute Gasteiger partial charge is 0.307 e. The number of hydrogen-bond donors (Lipinski definition) is 2. The first-order chi connectivity index (χ1) is 9.67. The molecule has 0 aliphatic heterocycles. The average molecular weight is 281 g/mol. The van der Waals surface area contributed by atoms with E-state index in [0.29, 0.717) is 19.6 Å². The van der Waals surface area contributed by atoms with Crippen LogP contribution < -0.4 is 10.2 Å². The number of aliphatic carboxylic acids is 1. The molecule has 1 aromatic rings. The molecule has 5 heteroatoms. The summed E-state index contributed by atoms with van der Waals surface area (Å²) in [7, 11) is 1.62. The van der Waals surface area contributed by atoms with Crippen molar-refractivity contribution in [2.75, 3.05) is 13.7 Å². The largest absolute Gasteiger partial charge is 0.497 e. The predicted molar refractivity (Wildman–Crippen MR) is 76.4 cm³/mol. The number of carbonyl (C=O) groups is 1. The number of hydroxylamine groups is 1. The first-order valence-electron chi connectivity index (χ1n) is 6.87. The van der Waals surface area contributed by atoms with E-state index in [-0.39, 0.29) is 0 Å². The summed E-state index contributed by atoms with van der Waals surface area (Å²) in [6.07, 6.45) is 2.58. The van der Waals surface area contributed by atoms with Crippen molar-refractivity contribution in [2.45, 2.75) is 32.8 Å². The first-order valence-corrected chi connectivity index (χ1v) is 6.87. The van der Waals surface area contributed by atoms with Gasteiger partial charge in [-0.2, -0.15) is 0 Å². The van der Waals surface area contributed by atoms with E-state index in [1.165, 1.54) is 0 Å². The molecular formula is C15H23NO4. The fraction of sp³-hybridized carbons (Fsp3) is 0.533. The molecular weight excluding hydrogens is 258 g/mol. The second-order valence-corrected chi connectivity index (χ2v) is 4.66. The minimum absolute atomic E-state index is 0.325. The maximum atomic E-state index is 11.0. The molecule has 0 unspecified atom stereocenters. The molecule has 2 N–H and O–H groups in total. The van der Waals surface area contributed by atoms with Crippen LogP contribution in [0.4, 0.5) is 0 Å². The third-order valence-electron chi connectivity index (χ3n) is 3.09. The molecule has 112 valence electrons. The summed E-state index contributed by atoms with van der Waals surface area (Å²) in [6.45, 7) is 2.77. The standard InChI is InChI=1S/C15H23NO4/c1-3-4-5-13(15(17)18)10-16-20-11-12-6-8-14(19-2)9-7-12/h6-9,13,16H,3-5,10-11H2,1-2H3,(H,17,18)/t13-/m1/s1. The summed E-state index contributed by atoms with van der Waals surface area (Å²) in [5.41, 5.74) is 3.74. The van der Waals surface area contributed by atoms with E-state index in [1.54, 1.807) is 7.11 Å². The van der Waals surface area contributed by atoms with E-state index in [2.05, 4.69) is 5.48 Å². The monoisotopic (exact) mass is 281 g/mol. The van der Waals surface area contributed by atoms with E-state index in [1.807, 2.05) is 31.2 Å². The van der Waals surface area contributed by atoms with Crippen LogP contribution in [0.5, 0.6) is 5.75 Å². The van der Waals surface area contributed by atoms with Crippen LogP contribution in [0.3, 0.4) is 0 Å². The van der Waals surface area contributed by atoms with Crippen molar-refractivity contribution >= 4 is 5.97 Å². The van der Waals surface area contributed by atoms with Crippen molar-refractivity contribution in [3.8, 4) is 5.75 Å². The quantitative estimate of drug-likeness (QED) is 0.509. The van der Waals surface area contributed by atoms with Gasteiger partial charge in [0, 0.05) is 6.54 Å². The Morgan fingerprint density at radius 2 is 2.05 bits per heavy atom. The summed E-state index contributed by atoms with van der Waals surface area (Å²) in [5, 5.41) is 9.06. The number of carboxylic acid groups (broad SMARTS) is 1. The maximum Gasteiger partial charge on any atom is 0.307 e. The van der Waals surface area contributed by atoms with Gasteiger partial charge in [0.1, 0.15) is 5.75 Å². The molecule has 0 saturated carbocycles. The highest BCUT2D eigenvalue weighted by Crippen LogP contribution is 2.12. The number of nitrogens with one attached hydrogen (secondary N) is 1. The third-order valence-corrected chi connectivity index (χ3v) is 3.09. The minimum atomic E-state index is -0.779. The Bertz CT molecular complexity index is 391. The minimum Gasteiger partial charge on any atom is -0.497 e.